The molecule has 136 valence electrons. The van der Waals surface area contributed by atoms with Crippen LogP contribution in [0.1, 0.15) is 32.4 Å². The van der Waals surface area contributed by atoms with Gasteiger partial charge in [-0.1, -0.05) is 23.4 Å². The molecule has 1 amide bonds. The molecule has 3 rings (SSSR count). The van der Waals surface area contributed by atoms with E-state index >= 15 is 0 Å². The Morgan fingerprint density at radius 3 is 2.72 bits per heavy atom. The van der Waals surface area contributed by atoms with Crippen LogP contribution >= 0.6 is 12.4 Å². The van der Waals surface area contributed by atoms with Crippen LogP contribution in [0.25, 0.3) is 5.69 Å². The predicted molar refractivity (Wildman–Crippen MR) is 96.7 cm³/mol. The summed E-state index contributed by atoms with van der Waals surface area (Å²) < 4.78 is 7.34. The SMILES string of the molecule is CC(C)(NC(=O)[C@@H]1CC[C@H](CN)O1)c1cn(-c2ccccc2)nn1.Cl. The van der Waals surface area contributed by atoms with Crippen molar-refractivity contribution in [1.29, 1.82) is 0 Å². The van der Waals surface area contributed by atoms with Gasteiger partial charge in [0, 0.05) is 6.54 Å². The minimum Gasteiger partial charge on any atom is -0.364 e. The smallest absolute Gasteiger partial charge is 0.249 e. The second kappa shape index (κ2) is 7.95. The van der Waals surface area contributed by atoms with E-state index in [-0.39, 0.29) is 24.4 Å². The summed E-state index contributed by atoms with van der Waals surface area (Å²) in [5, 5.41) is 11.4. The van der Waals surface area contributed by atoms with E-state index in [1.54, 1.807) is 4.68 Å². The maximum Gasteiger partial charge on any atom is 0.249 e. The summed E-state index contributed by atoms with van der Waals surface area (Å²) in [5.41, 5.74) is 6.56. The molecule has 0 aliphatic carbocycles. The first-order valence-electron chi connectivity index (χ1n) is 8.15. The Balaban J connectivity index is 0.00000225. The summed E-state index contributed by atoms with van der Waals surface area (Å²) in [6.07, 6.45) is 2.87. The van der Waals surface area contributed by atoms with Gasteiger partial charge in [0.2, 0.25) is 5.91 Å². The van der Waals surface area contributed by atoms with E-state index in [0.29, 0.717) is 18.7 Å². The van der Waals surface area contributed by atoms with Crippen LogP contribution in [0.4, 0.5) is 0 Å². The number of amides is 1. The second-order valence-electron chi connectivity index (χ2n) is 6.56. The highest BCUT2D eigenvalue weighted by atomic mass is 35.5. The number of hydrogen-bond acceptors (Lipinski definition) is 5. The Bertz CT molecular complexity index is 704. The molecule has 1 aliphatic rings. The van der Waals surface area contributed by atoms with Gasteiger partial charge in [-0.15, -0.1) is 17.5 Å². The van der Waals surface area contributed by atoms with E-state index in [0.717, 1.165) is 12.1 Å². The number of para-hydroxylation sites is 1. The van der Waals surface area contributed by atoms with Crippen molar-refractivity contribution in [3.8, 4) is 5.69 Å². The first-order valence-corrected chi connectivity index (χ1v) is 8.15. The quantitative estimate of drug-likeness (QED) is 0.838. The largest absolute Gasteiger partial charge is 0.364 e. The van der Waals surface area contributed by atoms with Gasteiger partial charge in [-0.3, -0.25) is 4.79 Å². The van der Waals surface area contributed by atoms with Crippen LogP contribution in [-0.2, 0) is 15.1 Å². The highest BCUT2D eigenvalue weighted by Crippen LogP contribution is 2.23. The second-order valence-corrected chi connectivity index (χ2v) is 6.56. The monoisotopic (exact) mass is 365 g/mol. The Morgan fingerprint density at radius 2 is 2.08 bits per heavy atom. The van der Waals surface area contributed by atoms with Gasteiger partial charge < -0.3 is 15.8 Å². The van der Waals surface area contributed by atoms with E-state index in [1.807, 2.05) is 50.4 Å². The Kier molecular flexibility index (Phi) is 6.16. The molecule has 0 unspecified atom stereocenters. The number of aromatic nitrogens is 3. The van der Waals surface area contributed by atoms with Gasteiger partial charge in [0.25, 0.3) is 0 Å². The molecule has 0 radical (unpaired) electrons. The lowest BCUT2D eigenvalue weighted by Crippen LogP contribution is -2.46. The van der Waals surface area contributed by atoms with Crippen LogP contribution in [0.2, 0.25) is 0 Å². The van der Waals surface area contributed by atoms with Crippen LogP contribution in [0.15, 0.2) is 36.5 Å². The number of rotatable bonds is 5. The van der Waals surface area contributed by atoms with Crippen molar-refractivity contribution in [2.45, 2.75) is 44.4 Å². The zero-order valence-electron chi connectivity index (χ0n) is 14.4. The molecule has 8 heteroatoms. The molecule has 1 saturated heterocycles. The van der Waals surface area contributed by atoms with Crippen molar-refractivity contribution in [1.82, 2.24) is 20.3 Å². The lowest BCUT2D eigenvalue weighted by molar-refractivity contribution is -0.133. The van der Waals surface area contributed by atoms with Gasteiger partial charge in [0.05, 0.1) is 23.5 Å². The normalized spacial score (nSPS) is 20.1. The van der Waals surface area contributed by atoms with Crippen molar-refractivity contribution in [2.24, 2.45) is 5.73 Å². The lowest BCUT2D eigenvalue weighted by atomic mass is 10.0. The van der Waals surface area contributed by atoms with Gasteiger partial charge in [-0.25, -0.2) is 4.68 Å². The fraction of sp³-hybridized carbons (Fsp3) is 0.471. The highest BCUT2D eigenvalue weighted by Gasteiger charge is 2.34. The number of ether oxygens (including phenoxy) is 1. The molecule has 2 aromatic rings. The minimum absolute atomic E-state index is 0. The molecule has 7 nitrogen and oxygen atoms in total. The van der Waals surface area contributed by atoms with E-state index in [9.17, 15) is 4.79 Å². The first-order chi connectivity index (χ1) is 11.5. The molecular weight excluding hydrogens is 342 g/mol. The van der Waals surface area contributed by atoms with Crippen molar-refractivity contribution in [3.63, 3.8) is 0 Å². The number of nitrogens with zero attached hydrogens (tertiary/aromatic N) is 3. The number of nitrogens with one attached hydrogen (secondary N) is 1. The van der Waals surface area contributed by atoms with Crippen LogP contribution in [0.3, 0.4) is 0 Å². The Labute approximate surface area is 153 Å². The molecule has 3 N–H and O–H groups in total. The molecule has 0 bridgehead atoms. The zero-order valence-corrected chi connectivity index (χ0v) is 15.2. The zero-order chi connectivity index (χ0) is 17.2. The third-order valence-corrected chi connectivity index (χ3v) is 4.25. The van der Waals surface area contributed by atoms with Gasteiger partial charge in [0.1, 0.15) is 11.8 Å². The molecule has 0 spiro atoms. The summed E-state index contributed by atoms with van der Waals surface area (Å²) in [6, 6.07) is 9.72. The summed E-state index contributed by atoms with van der Waals surface area (Å²) in [4.78, 5) is 12.4. The van der Waals surface area contributed by atoms with Gasteiger partial charge >= 0.3 is 0 Å². The standard InChI is InChI=1S/C17H23N5O2.ClH/c1-17(2,19-16(23)14-9-8-13(10-18)24-14)15-11-22(21-20-15)12-6-4-3-5-7-12;/h3-7,11,13-14H,8-10,18H2,1-2H3,(H,19,23);1H/t13-,14+;/m1./s1. The van der Waals surface area contributed by atoms with Crippen LogP contribution in [-0.4, -0.2) is 39.7 Å². The molecule has 1 aliphatic heterocycles. The molecule has 25 heavy (non-hydrogen) atoms. The van der Waals surface area contributed by atoms with Crippen molar-refractivity contribution in [3.05, 3.63) is 42.2 Å². The molecule has 2 atom stereocenters. The third-order valence-electron chi connectivity index (χ3n) is 4.25. The van der Waals surface area contributed by atoms with Crippen molar-refractivity contribution < 1.29 is 9.53 Å². The van der Waals surface area contributed by atoms with E-state index in [2.05, 4.69) is 15.6 Å². The predicted octanol–water partition coefficient (Wildman–Crippen LogP) is 1.55. The van der Waals surface area contributed by atoms with Crippen molar-refractivity contribution >= 4 is 18.3 Å². The lowest BCUT2D eigenvalue weighted by Gasteiger charge is -2.25. The maximum absolute atomic E-state index is 12.4. The number of hydrogen-bond donors (Lipinski definition) is 2. The van der Waals surface area contributed by atoms with Gasteiger partial charge in [-0.05, 0) is 38.8 Å². The van der Waals surface area contributed by atoms with Gasteiger partial charge in [0.15, 0.2) is 0 Å². The number of carbonyl (C=O) groups excluding carboxylic acids is 1. The summed E-state index contributed by atoms with van der Waals surface area (Å²) in [5.74, 6) is -0.134. The average Bonchev–Trinajstić information content (AvgIpc) is 3.25. The van der Waals surface area contributed by atoms with Gasteiger partial charge in [-0.2, -0.15) is 0 Å². The van der Waals surface area contributed by atoms with Crippen LogP contribution in [0, 0.1) is 0 Å². The molecule has 1 aromatic carbocycles. The Morgan fingerprint density at radius 1 is 1.36 bits per heavy atom. The summed E-state index contributed by atoms with van der Waals surface area (Å²) in [7, 11) is 0. The first kappa shape index (κ1) is 19.4. The van der Waals surface area contributed by atoms with Crippen molar-refractivity contribution in [2.75, 3.05) is 6.54 Å². The van der Waals surface area contributed by atoms with E-state index in [4.69, 9.17) is 10.5 Å². The molecule has 1 fully saturated rings. The van der Waals surface area contributed by atoms with Crippen LogP contribution in [0.5, 0.6) is 0 Å². The summed E-state index contributed by atoms with van der Waals surface area (Å²) >= 11 is 0. The number of halogens is 1. The number of nitrogens with two attached hydrogens (primary N) is 1. The van der Waals surface area contributed by atoms with E-state index in [1.165, 1.54) is 0 Å². The number of carbonyl (C=O) groups is 1. The highest BCUT2D eigenvalue weighted by molar-refractivity contribution is 5.85. The topological polar surface area (TPSA) is 95.1 Å². The minimum atomic E-state index is -0.645. The molecule has 2 heterocycles. The fourth-order valence-corrected chi connectivity index (χ4v) is 2.78. The average molecular weight is 366 g/mol. The molecule has 0 saturated carbocycles. The molecular formula is C17H24ClN5O2. The van der Waals surface area contributed by atoms with E-state index < -0.39 is 11.6 Å². The fourth-order valence-electron chi connectivity index (χ4n) is 2.78. The number of benzene rings is 1. The Hall–Kier alpha value is -1.96. The van der Waals surface area contributed by atoms with Crippen LogP contribution < -0.4 is 11.1 Å². The third kappa shape index (κ3) is 4.36. The molecule has 1 aromatic heterocycles. The maximum atomic E-state index is 12.4. The summed E-state index contributed by atoms with van der Waals surface area (Å²) in [6.45, 7) is 4.25.